The van der Waals surface area contributed by atoms with Gasteiger partial charge in [-0.15, -0.1) is 0 Å². The summed E-state index contributed by atoms with van der Waals surface area (Å²) in [7, 11) is 0. The van der Waals surface area contributed by atoms with Crippen LogP contribution in [0.25, 0.3) is 0 Å². The molecule has 1 atom stereocenters. The van der Waals surface area contributed by atoms with Gasteiger partial charge in [-0.05, 0) is 12.8 Å². The molecule has 0 saturated carbocycles. The van der Waals surface area contributed by atoms with Crippen molar-refractivity contribution in [1.29, 1.82) is 0 Å². The quantitative estimate of drug-likeness (QED) is 0.655. The van der Waals surface area contributed by atoms with Crippen molar-refractivity contribution in [3.05, 3.63) is 0 Å². The molecule has 2 aliphatic rings. The number of piperidine rings is 1. The van der Waals surface area contributed by atoms with E-state index in [1.807, 2.05) is 5.01 Å². The molecule has 0 spiro atoms. The van der Waals surface area contributed by atoms with Gasteiger partial charge in [-0.3, -0.25) is 10.2 Å². The van der Waals surface area contributed by atoms with Gasteiger partial charge in [0, 0.05) is 13.1 Å². The first-order chi connectivity index (χ1) is 7.25. The second-order valence-electron chi connectivity index (χ2n) is 3.80. The highest BCUT2D eigenvalue weighted by molar-refractivity contribution is 5.85. The number of hydrogen-bond acceptors (Lipinski definition) is 4. The van der Waals surface area contributed by atoms with Gasteiger partial charge >= 0.3 is 6.09 Å². The van der Waals surface area contributed by atoms with E-state index in [1.54, 1.807) is 0 Å². The molecule has 2 aliphatic heterocycles. The number of carbonyl (C=O) groups excluding carboxylic acids is 2. The van der Waals surface area contributed by atoms with E-state index in [4.69, 9.17) is 4.74 Å². The molecular formula is C9H15N3O3. The minimum absolute atomic E-state index is 0.241. The van der Waals surface area contributed by atoms with Crippen LogP contribution in [0.3, 0.4) is 0 Å². The number of rotatable bonds is 2. The van der Waals surface area contributed by atoms with Gasteiger partial charge in [0.1, 0.15) is 0 Å². The maximum atomic E-state index is 11.6. The Labute approximate surface area is 87.9 Å². The summed E-state index contributed by atoms with van der Waals surface area (Å²) in [5.74, 6) is -0.241. The Morgan fingerprint density at radius 3 is 2.73 bits per heavy atom. The van der Waals surface area contributed by atoms with Crippen LogP contribution < -0.4 is 10.7 Å². The lowest BCUT2D eigenvalue weighted by atomic mass is 10.2. The molecule has 1 unspecified atom stereocenters. The van der Waals surface area contributed by atoms with E-state index < -0.39 is 12.2 Å². The first-order valence-corrected chi connectivity index (χ1v) is 5.25. The molecule has 0 aliphatic carbocycles. The number of hydrazine groups is 1. The van der Waals surface area contributed by atoms with Crippen molar-refractivity contribution in [2.45, 2.75) is 25.4 Å². The third kappa shape index (κ3) is 2.59. The van der Waals surface area contributed by atoms with Crippen LogP contribution in [0.1, 0.15) is 19.3 Å². The molecule has 2 rings (SSSR count). The van der Waals surface area contributed by atoms with E-state index in [2.05, 4.69) is 10.7 Å². The largest absolute Gasteiger partial charge is 0.434 e. The zero-order valence-electron chi connectivity index (χ0n) is 8.49. The van der Waals surface area contributed by atoms with E-state index in [1.165, 1.54) is 6.42 Å². The van der Waals surface area contributed by atoms with Crippen LogP contribution >= 0.6 is 0 Å². The van der Waals surface area contributed by atoms with Gasteiger partial charge in [-0.1, -0.05) is 6.42 Å². The lowest BCUT2D eigenvalue weighted by Gasteiger charge is -2.27. The maximum absolute atomic E-state index is 11.6. The predicted molar refractivity (Wildman–Crippen MR) is 51.8 cm³/mol. The monoisotopic (exact) mass is 213 g/mol. The SMILES string of the molecule is O=C1NCC(C(=O)NN2CCCCC2)O1. The average molecular weight is 213 g/mol. The van der Waals surface area contributed by atoms with Crippen molar-refractivity contribution in [3.8, 4) is 0 Å². The van der Waals surface area contributed by atoms with Crippen molar-refractivity contribution in [3.63, 3.8) is 0 Å². The van der Waals surface area contributed by atoms with E-state index in [9.17, 15) is 9.59 Å². The Bertz CT molecular complexity index is 263. The molecule has 2 N–H and O–H groups in total. The van der Waals surface area contributed by atoms with Crippen molar-refractivity contribution in [2.75, 3.05) is 19.6 Å². The van der Waals surface area contributed by atoms with Crippen LogP contribution in [0.15, 0.2) is 0 Å². The van der Waals surface area contributed by atoms with E-state index in [0.29, 0.717) is 0 Å². The molecule has 2 amide bonds. The molecule has 0 bridgehead atoms. The number of nitrogens with zero attached hydrogens (tertiary/aromatic N) is 1. The molecule has 6 nitrogen and oxygen atoms in total. The summed E-state index contributed by atoms with van der Waals surface area (Å²) in [6.45, 7) is 2.01. The Balaban J connectivity index is 1.78. The Hall–Kier alpha value is -1.30. The van der Waals surface area contributed by atoms with Gasteiger partial charge in [-0.25, -0.2) is 9.80 Å². The number of alkyl carbamates (subject to hydrolysis) is 1. The predicted octanol–water partition coefficient (Wildman–Crippen LogP) is -0.388. The smallest absolute Gasteiger partial charge is 0.408 e. The number of amides is 2. The number of hydrogen-bond donors (Lipinski definition) is 2. The van der Waals surface area contributed by atoms with Crippen LogP contribution in [0, 0.1) is 0 Å². The fourth-order valence-corrected chi connectivity index (χ4v) is 1.77. The fourth-order valence-electron chi connectivity index (χ4n) is 1.77. The molecule has 0 radical (unpaired) electrons. The zero-order chi connectivity index (χ0) is 10.7. The van der Waals surface area contributed by atoms with Crippen LogP contribution in [-0.2, 0) is 9.53 Å². The van der Waals surface area contributed by atoms with Crippen LogP contribution in [0.5, 0.6) is 0 Å². The molecule has 2 heterocycles. The van der Waals surface area contributed by atoms with Crippen LogP contribution in [0.4, 0.5) is 4.79 Å². The van der Waals surface area contributed by atoms with Crippen molar-refractivity contribution < 1.29 is 14.3 Å². The average Bonchev–Trinajstić information content (AvgIpc) is 2.66. The summed E-state index contributed by atoms with van der Waals surface area (Å²) in [6.07, 6.45) is 2.21. The van der Waals surface area contributed by atoms with Gasteiger partial charge in [-0.2, -0.15) is 0 Å². The summed E-state index contributed by atoms with van der Waals surface area (Å²) >= 11 is 0. The van der Waals surface area contributed by atoms with E-state index in [0.717, 1.165) is 25.9 Å². The molecule has 0 aromatic carbocycles. The number of ether oxygens (including phenoxy) is 1. The molecule has 6 heteroatoms. The van der Waals surface area contributed by atoms with Gasteiger partial charge < -0.3 is 10.1 Å². The highest BCUT2D eigenvalue weighted by Crippen LogP contribution is 2.07. The van der Waals surface area contributed by atoms with Gasteiger partial charge in [0.15, 0.2) is 0 Å². The summed E-state index contributed by atoms with van der Waals surface area (Å²) in [5.41, 5.74) is 2.76. The highest BCUT2D eigenvalue weighted by Gasteiger charge is 2.30. The molecule has 15 heavy (non-hydrogen) atoms. The third-order valence-electron chi connectivity index (χ3n) is 2.60. The van der Waals surface area contributed by atoms with Crippen molar-refractivity contribution in [1.82, 2.24) is 15.8 Å². The minimum Gasteiger partial charge on any atom is -0.434 e. The first kappa shape index (κ1) is 10.2. The van der Waals surface area contributed by atoms with Gasteiger partial charge in [0.25, 0.3) is 5.91 Å². The molecular weight excluding hydrogens is 198 g/mol. The fraction of sp³-hybridized carbons (Fsp3) is 0.778. The van der Waals surface area contributed by atoms with Crippen LogP contribution in [-0.4, -0.2) is 42.7 Å². The Morgan fingerprint density at radius 1 is 1.40 bits per heavy atom. The highest BCUT2D eigenvalue weighted by atomic mass is 16.6. The second kappa shape index (κ2) is 4.48. The minimum atomic E-state index is -0.681. The molecule has 2 saturated heterocycles. The lowest BCUT2D eigenvalue weighted by molar-refractivity contribution is -0.133. The van der Waals surface area contributed by atoms with Gasteiger partial charge in [0.05, 0.1) is 6.54 Å². The summed E-state index contributed by atoms with van der Waals surface area (Å²) in [5, 5.41) is 4.33. The Morgan fingerprint density at radius 2 is 2.13 bits per heavy atom. The molecule has 0 aromatic heterocycles. The lowest BCUT2D eigenvalue weighted by Crippen LogP contribution is -2.49. The van der Waals surface area contributed by atoms with Crippen LogP contribution in [0.2, 0.25) is 0 Å². The summed E-state index contributed by atoms with van der Waals surface area (Å²) < 4.78 is 4.78. The topological polar surface area (TPSA) is 70.7 Å². The normalized spacial score (nSPS) is 26.9. The molecule has 84 valence electrons. The maximum Gasteiger partial charge on any atom is 0.408 e. The standard InChI is InChI=1S/C9H15N3O3/c13-8(7-6-10-9(14)15-7)11-12-4-2-1-3-5-12/h7H,1-6H2,(H,10,14)(H,11,13). The number of carbonyl (C=O) groups is 2. The molecule has 0 aromatic rings. The zero-order valence-corrected chi connectivity index (χ0v) is 8.49. The number of nitrogens with one attached hydrogen (secondary N) is 2. The van der Waals surface area contributed by atoms with E-state index >= 15 is 0 Å². The van der Waals surface area contributed by atoms with E-state index in [-0.39, 0.29) is 12.5 Å². The van der Waals surface area contributed by atoms with Crippen molar-refractivity contribution >= 4 is 12.0 Å². The third-order valence-corrected chi connectivity index (χ3v) is 2.60. The van der Waals surface area contributed by atoms with Crippen molar-refractivity contribution in [2.24, 2.45) is 0 Å². The summed E-state index contributed by atoms with van der Waals surface area (Å²) in [6, 6.07) is 0. The second-order valence-corrected chi connectivity index (χ2v) is 3.80. The molecule has 2 fully saturated rings. The summed E-state index contributed by atoms with van der Waals surface area (Å²) in [4.78, 5) is 22.3. The Kier molecular flexibility index (Phi) is 3.05. The number of cyclic esters (lactones) is 1. The van der Waals surface area contributed by atoms with Gasteiger partial charge in [0.2, 0.25) is 6.10 Å². The first-order valence-electron chi connectivity index (χ1n) is 5.25.